The third-order valence-corrected chi connectivity index (χ3v) is 5.56. The van der Waals surface area contributed by atoms with Crippen LogP contribution in [-0.4, -0.2) is 38.7 Å². The van der Waals surface area contributed by atoms with E-state index in [0.29, 0.717) is 13.1 Å². The summed E-state index contributed by atoms with van der Waals surface area (Å²) in [6.07, 6.45) is 3.87. The van der Waals surface area contributed by atoms with Crippen LogP contribution in [0.15, 0.2) is 36.7 Å². The molecule has 0 aromatic carbocycles. The first-order valence-corrected chi connectivity index (χ1v) is 10.5. The van der Waals surface area contributed by atoms with Gasteiger partial charge >= 0.3 is 0 Å². The molecule has 0 radical (unpaired) electrons. The Kier molecular flexibility index (Phi) is 5.63. The van der Waals surface area contributed by atoms with Crippen molar-refractivity contribution < 1.29 is 4.79 Å². The minimum atomic E-state index is -0.199. The Hall–Kier alpha value is -3.42. The Labute approximate surface area is 182 Å². The first-order valence-electron chi connectivity index (χ1n) is 10.5. The van der Waals surface area contributed by atoms with Gasteiger partial charge in [-0.3, -0.25) is 14.5 Å². The van der Waals surface area contributed by atoms with Gasteiger partial charge in [-0.05, 0) is 31.9 Å². The first kappa shape index (κ1) is 20.8. The molecule has 3 aromatic rings. The smallest absolute Gasteiger partial charge is 0.247 e. The number of rotatable bonds is 6. The molecule has 31 heavy (non-hydrogen) atoms. The van der Waals surface area contributed by atoms with Gasteiger partial charge in [0.25, 0.3) is 0 Å². The average Bonchev–Trinajstić information content (AvgIpc) is 3.14. The summed E-state index contributed by atoms with van der Waals surface area (Å²) in [5.41, 5.74) is 5.61. The van der Waals surface area contributed by atoms with E-state index >= 15 is 0 Å². The van der Waals surface area contributed by atoms with Crippen LogP contribution in [0.25, 0.3) is 0 Å². The SMILES string of the molecule is Cc1cccc(Cn2cc(CNc3cc4c(c(C)n3)NC(=O)[C@H](C(C)C)N4C)cn2)n1. The second-order valence-corrected chi connectivity index (χ2v) is 8.45. The third-order valence-electron chi connectivity index (χ3n) is 5.56. The van der Waals surface area contributed by atoms with E-state index in [1.165, 1.54) is 0 Å². The number of amides is 1. The molecular weight excluding hydrogens is 390 g/mol. The molecule has 0 saturated heterocycles. The summed E-state index contributed by atoms with van der Waals surface area (Å²) in [4.78, 5) is 23.7. The Morgan fingerprint density at radius 1 is 1.23 bits per heavy atom. The van der Waals surface area contributed by atoms with Crippen LogP contribution in [0.5, 0.6) is 0 Å². The molecule has 3 aromatic heterocycles. The fourth-order valence-electron chi connectivity index (χ4n) is 4.08. The van der Waals surface area contributed by atoms with Gasteiger partial charge in [-0.2, -0.15) is 5.10 Å². The minimum absolute atomic E-state index is 0.0196. The summed E-state index contributed by atoms with van der Waals surface area (Å²) in [5, 5.41) is 10.9. The Bertz CT molecular complexity index is 1110. The third kappa shape index (κ3) is 4.38. The second-order valence-electron chi connectivity index (χ2n) is 8.45. The van der Waals surface area contributed by atoms with Crippen molar-refractivity contribution in [2.75, 3.05) is 22.6 Å². The van der Waals surface area contributed by atoms with Gasteiger partial charge < -0.3 is 15.5 Å². The van der Waals surface area contributed by atoms with E-state index in [4.69, 9.17) is 0 Å². The van der Waals surface area contributed by atoms with Crippen LogP contribution < -0.4 is 15.5 Å². The molecule has 0 spiro atoms. The fraction of sp³-hybridized carbons (Fsp3) is 0.391. The standard InChI is InChI=1S/C23H29N7O/c1-14(2)22-23(31)28-21-16(4)27-20(9-19(21)29(22)5)24-10-17-11-25-30(12-17)13-18-8-6-7-15(3)26-18/h6-9,11-12,14,22H,10,13H2,1-5H3,(H,24,27)(H,28,31)/t22-/m0/s1. The van der Waals surface area contributed by atoms with Gasteiger partial charge in [0.2, 0.25) is 5.91 Å². The van der Waals surface area contributed by atoms with E-state index in [9.17, 15) is 4.79 Å². The monoisotopic (exact) mass is 419 g/mol. The van der Waals surface area contributed by atoms with E-state index < -0.39 is 0 Å². The van der Waals surface area contributed by atoms with E-state index in [2.05, 4.69) is 39.5 Å². The number of anilines is 3. The summed E-state index contributed by atoms with van der Waals surface area (Å²) in [6.45, 7) is 9.27. The maximum absolute atomic E-state index is 12.5. The Morgan fingerprint density at radius 3 is 2.77 bits per heavy atom. The average molecular weight is 420 g/mol. The van der Waals surface area contributed by atoms with Crippen molar-refractivity contribution in [2.45, 2.75) is 46.8 Å². The quantitative estimate of drug-likeness (QED) is 0.637. The number of likely N-dealkylation sites (N-methyl/N-ethyl adjacent to an activating group) is 1. The van der Waals surface area contributed by atoms with Crippen molar-refractivity contribution in [1.82, 2.24) is 19.7 Å². The number of hydrogen-bond acceptors (Lipinski definition) is 6. The number of carbonyl (C=O) groups is 1. The molecule has 0 fully saturated rings. The lowest BCUT2D eigenvalue weighted by Gasteiger charge is -2.38. The molecule has 0 bridgehead atoms. The molecule has 4 heterocycles. The van der Waals surface area contributed by atoms with Gasteiger partial charge in [-0.25, -0.2) is 4.98 Å². The molecule has 8 nitrogen and oxygen atoms in total. The molecule has 1 aliphatic heterocycles. The van der Waals surface area contributed by atoms with Crippen molar-refractivity contribution in [3.05, 3.63) is 59.3 Å². The molecule has 8 heteroatoms. The topological polar surface area (TPSA) is 88.0 Å². The van der Waals surface area contributed by atoms with E-state index in [1.54, 1.807) is 0 Å². The predicted molar refractivity (Wildman–Crippen MR) is 122 cm³/mol. The van der Waals surface area contributed by atoms with Crippen LogP contribution in [0.2, 0.25) is 0 Å². The Balaban J connectivity index is 1.47. The number of aryl methyl sites for hydroxylation is 2. The van der Waals surface area contributed by atoms with Gasteiger partial charge in [-0.1, -0.05) is 19.9 Å². The van der Waals surface area contributed by atoms with Gasteiger partial charge in [0.05, 0.1) is 35.5 Å². The normalized spacial score (nSPS) is 15.7. The van der Waals surface area contributed by atoms with Crippen LogP contribution in [0.4, 0.5) is 17.2 Å². The largest absolute Gasteiger partial charge is 0.366 e. The van der Waals surface area contributed by atoms with Crippen molar-refractivity contribution in [1.29, 1.82) is 0 Å². The molecule has 4 rings (SSSR count). The summed E-state index contributed by atoms with van der Waals surface area (Å²) in [6, 6.07) is 7.80. The van der Waals surface area contributed by atoms with Gasteiger partial charge in [-0.15, -0.1) is 0 Å². The number of aromatic nitrogens is 4. The maximum atomic E-state index is 12.5. The molecular formula is C23H29N7O. The highest BCUT2D eigenvalue weighted by Crippen LogP contribution is 2.36. The highest BCUT2D eigenvalue weighted by Gasteiger charge is 2.34. The van der Waals surface area contributed by atoms with Crippen molar-refractivity contribution in [3.8, 4) is 0 Å². The summed E-state index contributed by atoms with van der Waals surface area (Å²) >= 11 is 0. The molecule has 1 atom stereocenters. The highest BCUT2D eigenvalue weighted by molar-refractivity contribution is 6.04. The zero-order chi connectivity index (χ0) is 22.1. The Morgan fingerprint density at radius 2 is 2.03 bits per heavy atom. The molecule has 0 aliphatic carbocycles. The van der Waals surface area contributed by atoms with Crippen molar-refractivity contribution in [2.24, 2.45) is 5.92 Å². The number of nitrogens with one attached hydrogen (secondary N) is 2. The van der Waals surface area contributed by atoms with Crippen molar-refractivity contribution >= 4 is 23.1 Å². The summed E-state index contributed by atoms with van der Waals surface area (Å²) < 4.78 is 1.89. The number of fused-ring (bicyclic) bond motifs is 1. The number of carbonyl (C=O) groups excluding carboxylic acids is 1. The lowest BCUT2D eigenvalue weighted by molar-refractivity contribution is -0.118. The lowest BCUT2D eigenvalue weighted by atomic mass is 9.98. The number of hydrogen-bond donors (Lipinski definition) is 2. The first-order chi connectivity index (χ1) is 14.8. The highest BCUT2D eigenvalue weighted by atomic mass is 16.2. The molecule has 0 saturated carbocycles. The number of pyridine rings is 2. The van der Waals surface area contributed by atoms with E-state index in [0.717, 1.165) is 39.8 Å². The molecule has 1 aliphatic rings. The number of nitrogens with zero attached hydrogens (tertiary/aromatic N) is 5. The van der Waals surface area contributed by atoms with Gasteiger partial charge in [0.15, 0.2) is 0 Å². The zero-order valence-corrected chi connectivity index (χ0v) is 18.7. The van der Waals surface area contributed by atoms with Gasteiger partial charge in [0, 0.05) is 37.1 Å². The fourth-order valence-corrected chi connectivity index (χ4v) is 4.08. The van der Waals surface area contributed by atoms with Crippen molar-refractivity contribution in [3.63, 3.8) is 0 Å². The summed E-state index contributed by atoms with van der Waals surface area (Å²) in [5.74, 6) is 0.998. The van der Waals surface area contributed by atoms with E-state index in [1.807, 2.05) is 67.1 Å². The second kappa shape index (κ2) is 8.37. The van der Waals surface area contributed by atoms with Crippen LogP contribution in [0, 0.1) is 19.8 Å². The molecule has 0 unspecified atom stereocenters. The van der Waals surface area contributed by atoms with E-state index in [-0.39, 0.29) is 17.9 Å². The van der Waals surface area contributed by atoms with Crippen LogP contribution in [0.1, 0.15) is 36.5 Å². The minimum Gasteiger partial charge on any atom is -0.366 e. The lowest BCUT2D eigenvalue weighted by Crippen LogP contribution is -2.49. The summed E-state index contributed by atoms with van der Waals surface area (Å²) in [7, 11) is 1.97. The van der Waals surface area contributed by atoms with Gasteiger partial charge in [0.1, 0.15) is 11.9 Å². The zero-order valence-electron chi connectivity index (χ0n) is 18.7. The molecule has 1 amide bonds. The van der Waals surface area contributed by atoms with Crippen LogP contribution in [-0.2, 0) is 17.9 Å². The molecule has 162 valence electrons. The van der Waals surface area contributed by atoms with Crippen LogP contribution >= 0.6 is 0 Å². The maximum Gasteiger partial charge on any atom is 0.247 e. The van der Waals surface area contributed by atoms with Crippen LogP contribution in [0.3, 0.4) is 0 Å². The predicted octanol–water partition coefficient (Wildman–Crippen LogP) is 3.36. The molecule has 2 N–H and O–H groups in total.